The summed E-state index contributed by atoms with van der Waals surface area (Å²) in [5, 5.41) is 7.04. The Balaban J connectivity index is 1.94. The maximum Gasteiger partial charge on any atom is 0.251 e. The lowest BCUT2D eigenvalue weighted by Crippen LogP contribution is -2.31. The molecule has 0 aliphatic carbocycles. The number of carbonyl (C=O) groups is 1. The highest BCUT2D eigenvalue weighted by atomic mass is 32.2. The van der Waals surface area contributed by atoms with Crippen LogP contribution >= 0.6 is 23.1 Å². The van der Waals surface area contributed by atoms with Gasteiger partial charge in [0.2, 0.25) is 10.0 Å². The van der Waals surface area contributed by atoms with Gasteiger partial charge in [-0.15, -0.1) is 0 Å². The maximum absolute atomic E-state index is 12.4. The van der Waals surface area contributed by atoms with Gasteiger partial charge >= 0.3 is 0 Å². The molecule has 0 radical (unpaired) electrons. The molecule has 0 bridgehead atoms. The first-order chi connectivity index (χ1) is 12.3. The molecule has 142 valence electrons. The van der Waals surface area contributed by atoms with E-state index in [0.717, 1.165) is 17.1 Å². The molecule has 2 rings (SSSR count). The van der Waals surface area contributed by atoms with Crippen LogP contribution in [0.1, 0.15) is 35.3 Å². The van der Waals surface area contributed by atoms with E-state index in [1.54, 1.807) is 49.9 Å². The van der Waals surface area contributed by atoms with E-state index in [4.69, 9.17) is 0 Å². The summed E-state index contributed by atoms with van der Waals surface area (Å²) in [4.78, 5) is 12.5. The number of nitrogens with one attached hydrogen (secondary N) is 2. The zero-order valence-corrected chi connectivity index (χ0v) is 17.6. The summed E-state index contributed by atoms with van der Waals surface area (Å²) in [6.45, 7) is 5.85. The average Bonchev–Trinajstić information content (AvgIpc) is 3.06. The molecule has 1 aromatic heterocycles. The predicted molar refractivity (Wildman–Crippen MR) is 109 cm³/mol. The van der Waals surface area contributed by atoms with Gasteiger partial charge in [0.15, 0.2) is 0 Å². The number of hydrogen-bond acceptors (Lipinski definition) is 5. The first kappa shape index (κ1) is 21.0. The lowest BCUT2D eigenvalue weighted by atomic mass is 10.1. The van der Waals surface area contributed by atoms with E-state index in [2.05, 4.69) is 26.9 Å². The van der Waals surface area contributed by atoms with Gasteiger partial charge in [0, 0.05) is 29.7 Å². The van der Waals surface area contributed by atoms with Crippen molar-refractivity contribution in [3.63, 3.8) is 0 Å². The molecule has 1 aromatic carbocycles. The monoisotopic (exact) mass is 412 g/mol. The SMILES string of the molecule is Cc1ccc(S(=O)(=O)NC(C)C)cc1C(=O)NCCSCc1ccsc1. The number of amides is 1. The fourth-order valence-electron chi connectivity index (χ4n) is 2.29. The molecule has 0 unspecified atom stereocenters. The minimum Gasteiger partial charge on any atom is -0.351 e. The molecule has 1 heterocycles. The molecule has 26 heavy (non-hydrogen) atoms. The third-order valence-electron chi connectivity index (χ3n) is 3.54. The smallest absolute Gasteiger partial charge is 0.251 e. The number of carbonyl (C=O) groups excluding carboxylic acids is 1. The van der Waals surface area contributed by atoms with Gasteiger partial charge < -0.3 is 5.32 Å². The first-order valence-electron chi connectivity index (χ1n) is 8.29. The molecule has 0 aliphatic heterocycles. The van der Waals surface area contributed by atoms with Crippen LogP contribution in [0, 0.1) is 6.92 Å². The lowest BCUT2D eigenvalue weighted by molar-refractivity contribution is 0.0955. The van der Waals surface area contributed by atoms with Crippen molar-refractivity contribution >= 4 is 39.0 Å². The van der Waals surface area contributed by atoms with Gasteiger partial charge in [-0.25, -0.2) is 13.1 Å². The maximum atomic E-state index is 12.4. The van der Waals surface area contributed by atoms with Crippen LogP contribution in [-0.4, -0.2) is 32.7 Å². The molecule has 0 atom stereocenters. The molecular formula is C18H24N2O3S3. The number of thioether (sulfide) groups is 1. The fourth-order valence-corrected chi connectivity index (χ4v) is 5.14. The predicted octanol–water partition coefficient (Wildman–Crippen LogP) is 3.41. The van der Waals surface area contributed by atoms with E-state index in [1.165, 1.54) is 17.7 Å². The molecular weight excluding hydrogens is 388 g/mol. The zero-order valence-electron chi connectivity index (χ0n) is 15.1. The molecule has 0 fully saturated rings. The minimum atomic E-state index is -3.62. The molecule has 2 aromatic rings. The Kier molecular flexibility index (Phi) is 7.69. The van der Waals surface area contributed by atoms with Gasteiger partial charge in [0.05, 0.1) is 4.90 Å². The second-order valence-electron chi connectivity index (χ2n) is 6.19. The Labute approximate surface area is 163 Å². The van der Waals surface area contributed by atoms with Gasteiger partial charge in [-0.05, 0) is 60.9 Å². The van der Waals surface area contributed by atoms with Crippen LogP contribution in [0.25, 0.3) is 0 Å². The van der Waals surface area contributed by atoms with Crippen LogP contribution in [-0.2, 0) is 15.8 Å². The Morgan fingerprint density at radius 1 is 1.27 bits per heavy atom. The number of rotatable bonds is 9. The average molecular weight is 413 g/mol. The standard InChI is InChI=1S/C18H24N2O3S3/c1-13(2)20-26(22,23)16-5-4-14(3)17(10-16)18(21)19-7-9-25-12-15-6-8-24-11-15/h4-6,8,10-11,13,20H,7,9,12H2,1-3H3,(H,19,21). The minimum absolute atomic E-state index is 0.105. The topological polar surface area (TPSA) is 75.3 Å². The molecule has 1 amide bonds. The molecule has 5 nitrogen and oxygen atoms in total. The van der Waals surface area contributed by atoms with E-state index in [1.807, 2.05) is 0 Å². The number of hydrogen-bond donors (Lipinski definition) is 2. The lowest BCUT2D eigenvalue weighted by Gasteiger charge is -2.12. The van der Waals surface area contributed by atoms with Crippen molar-refractivity contribution in [2.24, 2.45) is 0 Å². The largest absolute Gasteiger partial charge is 0.351 e. The zero-order chi connectivity index (χ0) is 19.2. The third-order valence-corrected chi connectivity index (χ3v) is 6.95. The van der Waals surface area contributed by atoms with Gasteiger partial charge in [0.25, 0.3) is 5.91 Å². The van der Waals surface area contributed by atoms with E-state index >= 15 is 0 Å². The Morgan fingerprint density at radius 3 is 2.69 bits per heavy atom. The van der Waals surface area contributed by atoms with Crippen molar-refractivity contribution in [2.75, 3.05) is 12.3 Å². The van der Waals surface area contributed by atoms with Crippen LogP contribution < -0.4 is 10.0 Å². The molecule has 0 aliphatic rings. The Hall–Kier alpha value is -1.35. The van der Waals surface area contributed by atoms with Crippen LogP contribution in [0.15, 0.2) is 39.9 Å². The summed E-state index contributed by atoms with van der Waals surface area (Å²) in [6.07, 6.45) is 0. The molecule has 0 saturated carbocycles. The highest BCUT2D eigenvalue weighted by Gasteiger charge is 2.18. The number of benzene rings is 1. The summed E-state index contributed by atoms with van der Waals surface area (Å²) in [6, 6.07) is 6.51. The first-order valence-corrected chi connectivity index (χ1v) is 11.9. The number of aryl methyl sites for hydroxylation is 1. The summed E-state index contributed by atoms with van der Waals surface area (Å²) >= 11 is 3.43. The van der Waals surface area contributed by atoms with Crippen LogP contribution in [0.2, 0.25) is 0 Å². The molecule has 0 spiro atoms. The van der Waals surface area contributed by atoms with Crippen molar-refractivity contribution < 1.29 is 13.2 Å². The highest BCUT2D eigenvalue weighted by Crippen LogP contribution is 2.17. The van der Waals surface area contributed by atoms with Crippen LogP contribution in [0.4, 0.5) is 0 Å². The van der Waals surface area contributed by atoms with Crippen molar-refractivity contribution in [1.82, 2.24) is 10.0 Å². The summed E-state index contributed by atoms with van der Waals surface area (Å²) < 4.78 is 27.1. The van der Waals surface area contributed by atoms with Crippen molar-refractivity contribution in [1.29, 1.82) is 0 Å². The van der Waals surface area contributed by atoms with Crippen molar-refractivity contribution in [3.05, 3.63) is 51.7 Å². The van der Waals surface area contributed by atoms with Gasteiger partial charge in [-0.2, -0.15) is 23.1 Å². The van der Waals surface area contributed by atoms with E-state index < -0.39 is 10.0 Å². The van der Waals surface area contributed by atoms with Gasteiger partial charge in [-0.1, -0.05) is 6.07 Å². The molecule has 0 saturated heterocycles. The fraction of sp³-hybridized carbons (Fsp3) is 0.389. The van der Waals surface area contributed by atoms with E-state index in [9.17, 15) is 13.2 Å². The van der Waals surface area contributed by atoms with Crippen molar-refractivity contribution in [2.45, 2.75) is 37.5 Å². The second kappa shape index (κ2) is 9.55. The summed E-state index contributed by atoms with van der Waals surface area (Å²) in [5.74, 6) is 1.47. The number of thiophene rings is 1. The summed E-state index contributed by atoms with van der Waals surface area (Å²) in [7, 11) is -3.62. The molecule has 8 heteroatoms. The third kappa shape index (κ3) is 6.12. The highest BCUT2D eigenvalue weighted by molar-refractivity contribution is 7.98. The second-order valence-corrected chi connectivity index (χ2v) is 9.79. The normalized spacial score (nSPS) is 11.7. The van der Waals surface area contributed by atoms with Gasteiger partial charge in [0.1, 0.15) is 0 Å². The van der Waals surface area contributed by atoms with Crippen molar-refractivity contribution in [3.8, 4) is 0 Å². The quantitative estimate of drug-likeness (QED) is 0.619. The van der Waals surface area contributed by atoms with Gasteiger partial charge in [-0.3, -0.25) is 4.79 Å². The summed E-state index contributed by atoms with van der Waals surface area (Å²) in [5.41, 5.74) is 2.43. The Morgan fingerprint density at radius 2 is 2.04 bits per heavy atom. The van der Waals surface area contributed by atoms with E-state index in [-0.39, 0.29) is 16.8 Å². The van der Waals surface area contributed by atoms with Crippen LogP contribution in [0.3, 0.4) is 0 Å². The Bertz CT molecular complexity index is 831. The van der Waals surface area contributed by atoms with Crippen LogP contribution in [0.5, 0.6) is 0 Å². The number of sulfonamides is 1. The molecule has 2 N–H and O–H groups in total. The van der Waals surface area contributed by atoms with E-state index in [0.29, 0.717) is 12.1 Å².